The highest BCUT2D eigenvalue weighted by atomic mass is 35.5. The van der Waals surface area contributed by atoms with E-state index >= 15 is 0 Å². The van der Waals surface area contributed by atoms with Gasteiger partial charge in [-0.15, -0.1) is 0 Å². The second-order valence-electron chi connectivity index (χ2n) is 2.24. The van der Waals surface area contributed by atoms with E-state index in [-0.39, 0.29) is 5.91 Å². The van der Waals surface area contributed by atoms with Crippen molar-refractivity contribution < 1.29 is 4.79 Å². The molecule has 4 heteroatoms. The zero-order valence-corrected chi connectivity index (χ0v) is 7.43. The topological polar surface area (TPSA) is 42.0 Å². The summed E-state index contributed by atoms with van der Waals surface area (Å²) in [5, 5.41) is 2.95. The summed E-state index contributed by atoms with van der Waals surface area (Å²) < 4.78 is 0. The van der Waals surface area contributed by atoms with Crippen LogP contribution in [0.25, 0.3) is 0 Å². The van der Waals surface area contributed by atoms with Crippen LogP contribution in [-0.2, 0) is 4.79 Å². The number of pyridine rings is 1. The van der Waals surface area contributed by atoms with Crippen molar-refractivity contribution in [3.8, 4) is 0 Å². The molecule has 0 radical (unpaired) electrons. The predicted molar refractivity (Wildman–Crippen MR) is 48.2 cm³/mol. The average Bonchev–Trinajstić information content (AvgIpc) is 2.09. The largest absolute Gasteiger partial charge is 0.323 e. The van der Waals surface area contributed by atoms with Crippen LogP contribution in [0.15, 0.2) is 18.3 Å². The van der Waals surface area contributed by atoms with Crippen LogP contribution < -0.4 is 5.32 Å². The highest BCUT2D eigenvalue weighted by Crippen LogP contribution is 2.17. The molecule has 0 aromatic carbocycles. The summed E-state index contributed by atoms with van der Waals surface area (Å²) in [4.78, 5) is 14.8. The van der Waals surface area contributed by atoms with Crippen LogP contribution >= 0.6 is 11.6 Å². The number of carbonyl (C=O) groups excluding carboxylic acids is 1. The number of aromatic nitrogens is 1. The Morgan fingerprint density at radius 3 is 3.08 bits per heavy atom. The van der Waals surface area contributed by atoms with Gasteiger partial charge in [-0.2, -0.15) is 0 Å². The monoisotopic (exact) mass is 184 g/mol. The molecule has 0 saturated heterocycles. The molecule has 1 heterocycles. The number of nitrogens with one attached hydrogen (secondary N) is 1. The fourth-order valence-corrected chi connectivity index (χ4v) is 0.884. The molecule has 0 aliphatic rings. The molecule has 0 aliphatic carbocycles. The summed E-state index contributed by atoms with van der Waals surface area (Å²) in [5.74, 6) is -0.0649. The van der Waals surface area contributed by atoms with Crippen LogP contribution in [0, 0.1) is 0 Å². The van der Waals surface area contributed by atoms with E-state index in [0.29, 0.717) is 17.3 Å². The molecule has 3 nitrogen and oxygen atoms in total. The molecule has 0 aliphatic heterocycles. The maximum absolute atomic E-state index is 10.9. The summed E-state index contributed by atoms with van der Waals surface area (Å²) in [6.07, 6.45) is 2.01. The minimum Gasteiger partial charge on any atom is -0.323 e. The van der Waals surface area contributed by atoms with Gasteiger partial charge in [0.15, 0.2) is 5.15 Å². The lowest BCUT2D eigenvalue weighted by molar-refractivity contribution is -0.115. The zero-order chi connectivity index (χ0) is 8.97. The van der Waals surface area contributed by atoms with Gasteiger partial charge in [0, 0.05) is 12.6 Å². The minimum atomic E-state index is -0.0649. The van der Waals surface area contributed by atoms with Crippen LogP contribution in [0.1, 0.15) is 13.3 Å². The van der Waals surface area contributed by atoms with Gasteiger partial charge in [0.05, 0.1) is 5.69 Å². The van der Waals surface area contributed by atoms with Gasteiger partial charge in [-0.1, -0.05) is 18.5 Å². The summed E-state index contributed by atoms with van der Waals surface area (Å²) in [6, 6.07) is 3.43. The van der Waals surface area contributed by atoms with Crippen molar-refractivity contribution in [2.75, 3.05) is 5.32 Å². The van der Waals surface area contributed by atoms with Crippen molar-refractivity contribution in [1.82, 2.24) is 4.98 Å². The molecule has 0 fully saturated rings. The van der Waals surface area contributed by atoms with Gasteiger partial charge in [0.25, 0.3) is 0 Å². The zero-order valence-electron chi connectivity index (χ0n) is 6.67. The molecular formula is C8H9ClN2O. The normalized spacial score (nSPS) is 9.50. The Morgan fingerprint density at radius 1 is 1.75 bits per heavy atom. The van der Waals surface area contributed by atoms with Crippen molar-refractivity contribution in [1.29, 1.82) is 0 Å². The van der Waals surface area contributed by atoms with E-state index in [1.807, 2.05) is 0 Å². The first kappa shape index (κ1) is 9.00. The lowest BCUT2D eigenvalue weighted by atomic mass is 10.4. The predicted octanol–water partition coefficient (Wildman–Crippen LogP) is 2.08. The summed E-state index contributed by atoms with van der Waals surface area (Å²) in [7, 11) is 0. The molecule has 1 rings (SSSR count). The Balaban J connectivity index is 2.75. The minimum absolute atomic E-state index is 0.0649. The number of rotatable bonds is 2. The van der Waals surface area contributed by atoms with E-state index in [0.717, 1.165) is 0 Å². The van der Waals surface area contributed by atoms with E-state index in [2.05, 4.69) is 10.3 Å². The van der Waals surface area contributed by atoms with E-state index in [1.54, 1.807) is 25.3 Å². The molecular weight excluding hydrogens is 176 g/mol. The second kappa shape index (κ2) is 4.07. The Kier molecular flexibility index (Phi) is 3.05. The maximum atomic E-state index is 10.9. The van der Waals surface area contributed by atoms with Crippen molar-refractivity contribution in [2.24, 2.45) is 0 Å². The number of anilines is 1. The number of hydrogen-bond acceptors (Lipinski definition) is 2. The lowest BCUT2D eigenvalue weighted by Gasteiger charge is -2.03. The van der Waals surface area contributed by atoms with Crippen molar-refractivity contribution in [3.05, 3.63) is 23.5 Å². The SMILES string of the molecule is CCC(=O)Nc1cccnc1Cl. The van der Waals surface area contributed by atoms with Gasteiger partial charge in [0.2, 0.25) is 5.91 Å². The molecule has 1 aromatic rings. The van der Waals surface area contributed by atoms with Crippen LogP contribution in [0.4, 0.5) is 5.69 Å². The van der Waals surface area contributed by atoms with Crippen LogP contribution in [0.3, 0.4) is 0 Å². The van der Waals surface area contributed by atoms with Crippen molar-refractivity contribution in [2.45, 2.75) is 13.3 Å². The fraction of sp³-hybridized carbons (Fsp3) is 0.250. The van der Waals surface area contributed by atoms with E-state index < -0.39 is 0 Å². The van der Waals surface area contributed by atoms with E-state index in [9.17, 15) is 4.79 Å². The molecule has 0 atom stereocenters. The Labute approximate surface area is 75.8 Å². The smallest absolute Gasteiger partial charge is 0.224 e. The molecule has 0 saturated carbocycles. The molecule has 1 amide bonds. The third-order valence-corrected chi connectivity index (χ3v) is 1.66. The van der Waals surface area contributed by atoms with Gasteiger partial charge in [-0.25, -0.2) is 4.98 Å². The Bertz CT molecular complexity index is 288. The molecule has 1 aromatic heterocycles. The van der Waals surface area contributed by atoms with Gasteiger partial charge in [-0.05, 0) is 12.1 Å². The number of hydrogen-bond donors (Lipinski definition) is 1. The summed E-state index contributed by atoms with van der Waals surface area (Å²) in [5.41, 5.74) is 0.561. The summed E-state index contributed by atoms with van der Waals surface area (Å²) >= 11 is 5.70. The maximum Gasteiger partial charge on any atom is 0.224 e. The number of carbonyl (C=O) groups is 1. The molecule has 0 bridgehead atoms. The first-order valence-corrected chi connectivity index (χ1v) is 4.02. The molecule has 0 spiro atoms. The highest BCUT2D eigenvalue weighted by molar-refractivity contribution is 6.32. The average molecular weight is 185 g/mol. The number of halogens is 1. The standard InChI is InChI=1S/C8H9ClN2O/c1-2-7(12)11-6-4-3-5-10-8(6)9/h3-5H,2H2,1H3,(H,11,12). The van der Waals surface area contributed by atoms with Crippen molar-refractivity contribution >= 4 is 23.2 Å². The molecule has 0 unspecified atom stereocenters. The highest BCUT2D eigenvalue weighted by Gasteiger charge is 2.02. The van der Waals surface area contributed by atoms with Crippen LogP contribution in [-0.4, -0.2) is 10.9 Å². The third kappa shape index (κ3) is 2.20. The second-order valence-corrected chi connectivity index (χ2v) is 2.60. The number of nitrogens with zero attached hydrogens (tertiary/aromatic N) is 1. The quantitative estimate of drug-likeness (QED) is 0.716. The fourth-order valence-electron chi connectivity index (χ4n) is 0.718. The third-order valence-electron chi connectivity index (χ3n) is 1.35. The van der Waals surface area contributed by atoms with Crippen LogP contribution in [0.2, 0.25) is 5.15 Å². The first-order chi connectivity index (χ1) is 5.74. The Hall–Kier alpha value is -1.09. The van der Waals surface area contributed by atoms with Gasteiger partial charge < -0.3 is 5.32 Å². The number of amides is 1. The van der Waals surface area contributed by atoms with Crippen molar-refractivity contribution in [3.63, 3.8) is 0 Å². The van der Waals surface area contributed by atoms with Gasteiger partial charge >= 0.3 is 0 Å². The summed E-state index contributed by atoms with van der Waals surface area (Å²) in [6.45, 7) is 1.78. The molecule has 1 N–H and O–H groups in total. The molecule has 64 valence electrons. The van der Waals surface area contributed by atoms with E-state index in [4.69, 9.17) is 11.6 Å². The molecule has 12 heavy (non-hydrogen) atoms. The van der Waals surface area contributed by atoms with Gasteiger partial charge in [0.1, 0.15) is 0 Å². The van der Waals surface area contributed by atoms with Crippen LogP contribution in [0.5, 0.6) is 0 Å². The lowest BCUT2D eigenvalue weighted by Crippen LogP contribution is -2.09. The van der Waals surface area contributed by atoms with Gasteiger partial charge in [-0.3, -0.25) is 4.79 Å². The van der Waals surface area contributed by atoms with E-state index in [1.165, 1.54) is 0 Å². The Morgan fingerprint density at radius 2 is 2.50 bits per heavy atom. The first-order valence-electron chi connectivity index (χ1n) is 3.64.